The van der Waals surface area contributed by atoms with E-state index in [4.69, 9.17) is 25.8 Å². The molecule has 0 saturated heterocycles. The summed E-state index contributed by atoms with van der Waals surface area (Å²) in [6.45, 7) is 0.327. The quantitative estimate of drug-likeness (QED) is 0.465. The van der Waals surface area contributed by atoms with Gasteiger partial charge in [-0.3, -0.25) is 0 Å². The molecule has 31 heavy (non-hydrogen) atoms. The molecule has 0 radical (unpaired) electrons. The Kier molecular flexibility index (Phi) is 6.72. The van der Waals surface area contributed by atoms with Crippen LogP contribution in [0.25, 0.3) is 0 Å². The van der Waals surface area contributed by atoms with Crippen LogP contribution < -0.4 is 9.47 Å². The first-order valence-electron chi connectivity index (χ1n) is 10.3. The summed E-state index contributed by atoms with van der Waals surface area (Å²) in [7, 11) is 1.56. The van der Waals surface area contributed by atoms with Gasteiger partial charge in [0, 0.05) is 5.02 Å². The third-order valence-electron chi connectivity index (χ3n) is 5.31. The molecule has 1 aliphatic carbocycles. The van der Waals surface area contributed by atoms with Crippen LogP contribution in [0.1, 0.15) is 47.7 Å². The van der Waals surface area contributed by atoms with Crippen LogP contribution in [0.4, 0.5) is 0 Å². The molecule has 1 saturated carbocycles. The number of esters is 1. The highest BCUT2D eigenvalue weighted by atomic mass is 35.5. The van der Waals surface area contributed by atoms with Gasteiger partial charge in [-0.05, 0) is 61.6 Å². The first-order valence-corrected chi connectivity index (χ1v) is 10.6. The molecule has 0 unspecified atom stereocenters. The normalized spacial score (nSPS) is 14.9. The summed E-state index contributed by atoms with van der Waals surface area (Å²) in [5.41, 5.74) is 1.19. The van der Waals surface area contributed by atoms with Crippen LogP contribution >= 0.6 is 11.6 Å². The molecule has 1 fully saturated rings. The fourth-order valence-corrected chi connectivity index (χ4v) is 3.79. The van der Waals surface area contributed by atoms with Crippen LogP contribution in [0.5, 0.6) is 11.5 Å². The van der Waals surface area contributed by atoms with E-state index in [0.29, 0.717) is 28.6 Å². The maximum atomic E-state index is 13.0. The zero-order chi connectivity index (χ0) is 21.6. The molecular formula is C23H24ClN3O4. The van der Waals surface area contributed by atoms with Gasteiger partial charge in [0.1, 0.15) is 18.8 Å². The smallest absolute Gasteiger partial charge is 0.338 e. The van der Waals surface area contributed by atoms with Crippen LogP contribution in [-0.2, 0) is 11.3 Å². The number of carbonyl (C=O) groups excluding carboxylic acids is 1. The first-order chi connectivity index (χ1) is 15.1. The second kappa shape index (κ2) is 9.83. The number of hydrogen-bond donors (Lipinski definition) is 0. The molecule has 162 valence electrons. The second-order valence-electron chi connectivity index (χ2n) is 7.45. The highest BCUT2D eigenvalue weighted by Gasteiger charge is 2.22. The zero-order valence-corrected chi connectivity index (χ0v) is 18.0. The van der Waals surface area contributed by atoms with Gasteiger partial charge < -0.3 is 14.2 Å². The van der Waals surface area contributed by atoms with Crippen LogP contribution in [-0.4, -0.2) is 33.9 Å². The summed E-state index contributed by atoms with van der Waals surface area (Å²) >= 11 is 6.01. The van der Waals surface area contributed by atoms with Crippen molar-refractivity contribution in [3.05, 3.63) is 71.3 Å². The molecule has 1 atom stereocenters. The predicted octanol–water partition coefficient (Wildman–Crippen LogP) is 4.86. The number of rotatable bonds is 8. The van der Waals surface area contributed by atoms with Crippen LogP contribution in [0.3, 0.4) is 0 Å². The van der Waals surface area contributed by atoms with Gasteiger partial charge >= 0.3 is 5.97 Å². The Morgan fingerprint density at radius 3 is 2.61 bits per heavy atom. The lowest BCUT2D eigenvalue weighted by Gasteiger charge is -2.19. The van der Waals surface area contributed by atoms with E-state index in [1.165, 1.54) is 19.2 Å². The molecule has 1 aromatic heterocycles. The summed E-state index contributed by atoms with van der Waals surface area (Å²) in [6.07, 6.45) is 7.08. The summed E-state index contributed by atoms with van der Waals surface area (Å²) in [5, 5.41) is 4.73. The standard InChI is InChI=1S/C23H24ClN3O4/c1-29-21-12-17(8-11-20(21)30-19-4-2-3-5-19)23(28)31-22(13-27-15-25-14-26-27)16-6-9-18(24)10-7-16/h6-12,14-15,19,22H,2-5,13H2,1H3/t22-/m0/s1. The second-order valence-corrected chi connectivity index (χ2v) is 7.89. The number of nitrogens with zero attached hydrogens (tertiary/aromatic N) is 3. The molecule has 0 bridgehead atoms. The number of benzene rings is 2. The Balaban J connectivity index is 1.52. The predicted molar refractivity (Wildman–Crippen MR) is 116 cm³/mol. The van der Waals surface area contributed by atoms with Crippen molar-refractivity contribution in [3.63, 3.8) is 0 Å². The topological polar surface area (TPSA) is 75.5 Å². The number of hydrogen-bond acceptors (Lipinski definition) is 6. The van der Waals surface area contributed by atoms with Crippen molar-refractivity contribution in [2.75, 3.05) is 7.11 Å². The Hall–Kier alpha value is -3.06. The van der Waals surface area contributed by atoms with E-state index >= 15 is 0 Å². The van der Waals surface area contributed by atoms with Crippen molar-refractivity contribution < 1.29 is 19.0 Å². The van der Waals surface area contributed by atoms with Crippen molar-refractivity contribution in [1.29, 1.82) is 0 Å². The third-order valence-corrected chi connectivity index (χ3v) is 5.56. The third kappa shape index (κ3) is 5.35. The molecule has 0 N–H and O–H groups in total. The minimum atomic E-state index is -0.563. The Bertz CT molecular complexity index is 1000. The SMILES string of the molecule is COc1cc(C(=O)O[C@@H](Cn2cncn2)c2ccc(Cl)cc2)ccc1OC1CCCC1. The summed E-state index contributed by atoms with van der Waals surface area (Å²) in [6, 6.07) is 12.3. The minimum absolute atomic E-state index is 0.198. The van der Waals surface area contributed by atoms with Crippen molar-refractivity contribution in [1.82, 2.24) is 14.8 Å². The fraction of sp³-hybridized carbons (Fsp3) is 0.348. The van der Waals surface area contributed by atoms with Gasteiger partial charge in [-0.15, -0.1) is 0 Å². The summed E-state index contributed by atoms with van der Waals surface area (Å²) < 4.78 is 19.0. The molecule has 4 rings (SSSR count). The number of methoxy groups -OCH3 is 1. The van der Waals surface area contributed by atoms with E-state index in [9.17, 15) is 4.79 Å². The average molecular weight is 442 g/mol. The maximum absolute atomic E-state index is 13.0. The van der Waals surface area contributed by atoms with Gasteiger partial charge in [-0.1, -0.05) is 23.7 Å². The van der Waals surface area contributed by atoms with E-state index in [1.807, 2.05) is 12.1 Å². The molecular weight excluding hydrogens is 418 g/mol. The number of aromatic nitrogens is 3. The lowest BCUT2D eigenvalue weighted by atomic mass is 10.1. The molecule has 2 aromatic carbocycles. The summed E-state index contributed by atoms with van der Waals surface area (Å²) in [4.78, 5) is 16.9. The molecule has 1 aliphatic rings. The van der Waals surface area contributed by atoms with Gasteiger partial charge in [-0.2, -0.15) is 5.10 Å². The lowest BCUT2D eigenvalue weighted by molar-refractivity contribution is 0.0246. The molecule has 0 spiro atoms. The summed E-state index contributed by atoms with van der Waals surface area (Å²) in [5.74, 6) is 0.689. The van der Waals surface area contributed by atoms with E-state index in [0.717, 1.165) is 18.4 Å². The van der Waals surface area contributed by atoms with Crippen LogP contribution in [0.2, 0.25) is 5.02 Å². The van der Waals surface area contributed by atoms with Gasteiger partial charge in [0.2, 0.25) is 0 Å². The van der Waals surface area contributed by atoms with Gasteiger partial charge in [0.15, 0.2) is 11.5 Å². The molecule has 7 nitrogen and oxygen atoms in total. The maximum Gasteiger partial charge on any atom is 0.338 e. The molecule has 0 amide bonds. The number of carbonyl (C=O) groups is 1. The molecule has 0 aliphatic heterocycles. The van der Waals surface area contributed by atoms with Crippen LogP contribution in [0, 0.1) is 0 Å². The van der Waals surface area contributed by atoms with E-state index in [2.05, 4.69) is 10.1 Å². The van der Waals surface area contributed by atoms with E-state index in [-0.39, 0.29) is 6.10 Å². The van der Waals surface area contributed by atoms with Gasteiger partial charge in [-0.25, -0.2) is 14.5 Å². The largest absolute Gasteiger partial charge is 0.493 e. The Morgan fingerprint density at radius 2 is 1.94 bits per heavy atom. The molecule has 3 aromatic rings. The van der Waals surface area contributed by atoms with Crippen molar-refractivity contribution in [3.8, 4) is 11.5 Å². The lowest BCUT2D eigenvalue weighted by Crippen LogP contribution is -2.18. The average Bonchev–Trinajstić information content (AvgIpc) is 3.48. The van der Waals surface area contributed by atoms with Gasteiger partial charge in [0.25, 0.3) is 0 Å². The van der Waals surface area contributed by atoms with E-state index in [1.54, 1.807) is 48.5 Å². The van der Waals surface area contributed by atoms with Crippen molar-refractivity contribution in [2.24, 2.45) is 0 Å². The number of ether oxygens (including phenoxy) is 3. The monoisotopic (exact) mass is 441 g/mol. The zero-order valence-electron chi connectivity index (χ0n) is 17.2. The minimum Gasteiger partial charge on any atom is -0.493 e. The van der Waals surface area contributed by atoms with Crippen LogP contribution in [0.15, 0.2) is 55.1 Å². The Morgan fingerprint density at radius 1 is 1.16 bits per heavy atom. The highest BCUT2D eigenvalue weighted by molar-refractivity contribution is 6.30. The first kappa shape index (κ1) is 21.2. The highest BCUT2D eigenvalue weighted by Crippen LogP contribution is 2.33. The number of halogens is 1. The van der Waals surface area contributed by atoms with Crippen molar-refractivity contribution >= 4 is 17.6 Å². The molecule has 1 heterocycles. The van der Waals surface area contributed by atoms with E-state index < -0.39 is 12.1 Å². The molecule has 8 heteroatoms. The fourth-order valence-electron chi connectivity index (χ4n) is 3.66. The van der Waals surface area contributed by atoms with Crippen molar-refractivity contribution in [2.45, 2.75) is 44.4 Å². The Labute approximate surface area is 185 Å². The van der Waals surface area contributed by atoms with Gasteiger partial charge in [0.05, 0.1) is 25.3 Å².